The molecule has 0 radical (unpaired) electrons. The summed E-state index contributed by atoms with van der Waals surface area (Å²) in [4.78, 5) is 0. The summed E-state index contributed by atoms with van der Waals surface area (Å²) < 4.78 is 5.57. The molecule has 0 bridgehead atoms. The number of hydrogen-bond acceptors (Lipinski definition) is 2. The van der Waals surface area contributed by atoms with Gasteiger partial charge in [0.05, 0.1) is 6.61 Å². The molecule has 1 rings (SSSR count). The second kappa shape index (κ2) is 9.90. The van der Waals surface area contributed by atoms with Gasteiger partial charge >= 0.3 is 0 Å². The Morgan fingerprint density at radius 2 is 1.71 bits per heavy atom. The molecule has 0 spiro atoms. The van der Waals surface area contributed by atoms with Crippen LogP contribution in [0.25, 0.3) is 0 Å². The van der Waals surface area contributed by atoms with Crippen molar-refractivity contribution in [1.29, 1.82) is 0 Å². The van der Waals surface area contributed by atoms with Gasteiger partial charge in [0.1, 0.15) is 0 Å². The SMILES string of the molecule is CC(C)COCCNCC1CCCCCCC1. The Labute approximate surface area is 108 Å². The van der Waals surface area contributed by atoms with Crippen molar-refractivity contribution in [3.63, 3.8) is 0 Å². The zero-order valence-corrected chi connectivity index (χ0v) is 11.8. The van der Waals surface area contributed by atoms with Crippen LogP contribution in [0.4, 0.5) is 0 Å². The van der Waals surface area contributed by atoms with Crippen molar-refractivity contribution in [2.24, 2.45) is 11.8 Å². The molecule has 1 N–H and O–H groups in total. The van der Waals surface area contributed by atoms with E-state index < -0.39 is 0 Å². The van der Waals surface area contributed by atoms with Crippen LogP contribution in [-0.4, -0.2) is 26.3 Å². The lowest BCUT2D eigenvalue weighted by atomic mass is 9.91. The summed E-state index contributed by atoms with van der Waals surface area (Å²) in [5.41, 5.74) is 0. The van der Waals surface area contributed by atoms with Gasteiger partial charge in [0.25, 0.3) is 0 Å². The maximum atomic E-state index is 5.57. The summed E-state index contributed by atoms with van der Waals surface area (Å²) in [6.45, 7) is 8.37. The van der Waals surface area contributed by atoms with Gasteiger partial charge in [-0.3, -0.25) is 0 Å². The maximum absolute atomic E-state index is 5.57. The quantitative estimate of drug-likeness (QED) is 0.688. The van der Waals surface area contributed by atoms with Crippen LogP contribution >= 0.6 is 0 Å². The van der Waals surface area contributed by atoms with Crippen LogP contribution in [0.5, 0.6) is 0 Å². The average molecular weight is 241 g/mol. The first-order chi connectivity index (χ1) is 8.29. The standard InChI is InChI=1S/C15H31NO/c1-14(2)13-17-11-10-16-12-15-8-6-4-3-5-7-9-15/h14-16H,3-13H2,1-2H3. The van der Waals surface area contributed by atoms with Crippen LogP contribution < -0.4 is 5.32 Å². The van der Waals surface area contributed by atoms with Gasteiger partial charge in [-0.15, -0.1) is 0 Å². The van der Waals surface area contributed by atoms with Gasteiger partial charge in [-0.2, -0.15) is 0 Å². The van der Waals surface area contributed by atoms with Gasteiger partial charge in [-0.05, 0) is 31.2 Å². The van der Waals surface area contributed by atoms with Crippen LogP contribution in [0.15, 0.2) is 0 Å². The monoisotopic (exact) mass is 241 g/mol. The highest BCUT2D eigenvalue weighted by atomic mass is 16.5. The highest BCUT2D eigenvalue weighted by Crippen LogP contribution is 2.21. The van der Waals surface area contributed by atoms with Crippen molar-refractivity contribution in [3.8, 4) is 0 Å². The molecule has 0 unspecified atom stereocenters. The van der Waals surface area contributed by atoms with Gasteiger partial charge in [0.15, 0.2) is 0 Å². The van der Waals surface area contributed by atoms with Crippen molar-refractivity contribution in [3.05, 3.63) is 0 Å². The zero-order valence-electron chi connectivity index (χ0n) is 11.8. The van der Waals surface area contributed by atoms with Crippen LogP contribution in [-0.2, 0) is 4.74 Å². The molecule has 1 saturated carbocycles. The first kappa shape index (κ1) is 15.0. The van der Waals surface area contributed by atoms with Gasteiger partial charge in [-0.1, -0.05) is 46.0 Å². The Kier molecular flexibility index (Phi) is 8.72. The van der Waals surface area contributed by atoms with Crippen LogP contribution in [0.2, 0.25) is 0 Å². The Morgan fingerprint density at radius 3 is 2.35 bits per heavy atom. The van der Waals surface area contributed by atoms with Crippen molar-refractivity contribution < 1.29 is 4.74 Å². The van der Waals surface area contributed by atoms with Crippen molar-refractivity contribution in [2.45, 2.75) is 58.8 Å². The highest BCUT2D eigenvalue weighted by Gasteiger charge is 2.10. The lowest BCUT2D eigenvalue weighted by Crippen LogP contribution is -2.27. The third kappa shape index (κ3) is 8.62. The molecule has 0 amide bonds. The Morgan fingerprint density at radius 1 is 1.06 bits per heavy atom. The maximum Gasteiger partial charge on any atom is 0.0591 e. The van der Waals surface area contributed by atoms with Crippen LogP contribution in [0, 0.1) is 11.8 Å². The van der Waals surface area contributed by atoms with E-state index in [-0.39, 0.29) is 0 Å². The molecular weight excluding hydrogens is 210 g/mol. The van der Waals surface area contributed by atoms with E-state index in [1.165, 1.54) is 51.5 Å². The molecule has 0 aromatic carbocycles. The van der Waals surface area contributed by atoms with Gasteiger partial charge in [0, 0.05) is 13.2 Å². The molecule has 0 aliphatic heterocycles. The second-order valence-corrected chi connectivity index (χ2v) is 5.88. The Hall–Kier alpha value is -0.0800. The minimum Gasteiger partial charge on any atom is -0.380 e. The number of nitrogens with one attached hydrogen (secondary N) is 1. The van der Waals surface area contributed by atoms with E-state index in [0.29, 0.717) is 5.92 Å². The molecule has 1 fully saturated rings. The smallest absolute Gasteiger partial charge is 0.0591 e. The lowest BCUT2D eigenvalue weighted by molar-refractivity contribution is 0.111. The average Bonchev–Trinajstić information content (AvgIpc) is 2.25. The third-order valence-electron chi connectivity index (χ3n) is 3.53. The first-order valence-electron chi connectivity index (χ1n) is 7.57. The van der Waals surface area contributed by atoms with Crippen molar-refractivity contribution in [1.82, 2.24) is 5.32 Å². The summed E-state index contributed by atoms with van der Waals surface area (Å²) in [5, 5.41) is 3.55. The fourth-order valence-electron chi connectivity index (χ4n) is 2.51. The van der Waals surface area contributed by atoms with E-state index in [0.717, 1.165) is 25.7 Å². The first-order valence-corrected chi connectivity index (χ1v) is 7.57. The summed E-state index contributed by atoms with van der Waals surface area (Å²) >= 11 is 0. The van der Waals surface area contributed by atoms with E-state index >= 15 is 0 Å². The minimum absolute atomic E-state index is 0.653. The molecule has 17 heavy (non-hydrogen) atoms. The van der Waals surface area contributed by atoms with Crippen molar-refractivity contribution >= 4 is 0 Å². The normalized spacial score (nSPS) is 19.2. The predicted molar refractivity (Wildman–Crippen MR) is 74.3 cm³/mol. The van der Waals surface area contributed by atoms with E-state index in [9.17, 15) is 0 Å². The number of ether oxygens (including phenoxy) is 1. The molecule has 2 heteroatoms. The molecule has 0 aromatic heterocycles. The van der Waals surface area contributed by atoms with Crippen LogP contribution in [0.1, 0.15) is 58.8 Å². The molecule has 0 atom stereocenters. The summed E-state index contributed by atoms with van der Waals surface area (Å²) in [6, 6.07) is 0. The molecular formula is C15H31NO. The fraction of sp³-hybridized carbons (Fsp3) is 1.00. The Bertz CT molecular complexity index is 162. The fourth-order valence-corrected chi connectivity index (χ4v) is 2.51. The van der Waals surface area contributed by atoms with Gasteiger partial charge in [0.2, 0.25) is 0 Å². The van der Waals surface area contributed by atoms with Crippen molar-refractivity contribution in [2.75, 3.05) is 26.3 Å². The van der Waals surface area contributed by atoms with Crippen LogP contribution in [0.3, 0.4) is 0 Å². The highest BCUT2D eigenvalue weighted by molar-refractivity contribution is 4.66. The molecule has 1 aliphatic carbocycles. The number of hydrogen-bond donors (Lipinski definition) is 1. The molecule has 0 saturated heterocycles. The zero-order chi connectivity index (χ0) is 12.3. The van der Waals surface area contributed by atoms with E-state index in [2.05, 4.69) is 19.2 Å². The summed E-state index contributed by atoms with van der Waals surface area (Å²) in [7, 11) is 0. The molecule has 1 aliphatic rings. The molecule has 0 aromatic rings. The minimum atomic E-state index is 0.653. The molecule has 0 heterocycles. The second-order valence-electron chi connectivity index (χ2n) is 5.88. The lowest BCUT2D eigenvalue weighted by Gasteiger charge is -2.20. The Balaban J connectivity index is 1.93. The predicted octanol–water partition coefficient (Wildman–Crippen LogP) is 3.61. The van der Waals surface area contributed by atoms with Gasteiger partial charge in [-0.25, -0.2) is 0 Å². The van der Waals surface area contributed by atoms with E-state index in [1.54, 1.807) is 0 Å². The summed E-state index contributed by atoms with van der Waals surface area (Å²) in [6.07, 6.45) is 10.1. The summed E-state index contributed by atoms with van der Waals surface area (Å²) in [5.74, 6) is 1.57. The van der Waals surface area contributed by atoms with E-state index in [1.807, 2.05) is 0 Å². The van der Waals surface area contributed by atoms with E-state index in [4.69, 9.17) is 4.74 Å². The third-order valence-corrected chi connectivity index (χ3v) is 3.53. The largest absolute Gasteiger partial charge is 0.380 e. The molecule has 102 valence electrons. The van der Waals surface area contributed by atoms with Gasteiger partial charge < -0.3 is 10.1 Å². The number of rotatable bonds is 7. The topological polar surface area (TPSA) is 21.3 Å². The molecule has 2 nitrogen and oxygen atoms in total.